The molecule has 3 aromatic heterocycles. The quantitative estimate of drug-likeness (QED) is 0.434. The van der Waals surface area contributed by atoms with Crippen molar-refractivity contribution in [3.8, 4) is 22.9 Å². The minimum Gasteiger partial charge on any atom is -0.454 e. The van der Waals surface area contributed by atoms with Crippen LogP contribution in [0, 0.1) is 0 Å². The predicted octanol–water partition coefficient (Wildman–Crippen LogP) is 3.54. The van der Waals surface area contributed by atoms with E-state index in [0.29, 0.717) is 51.1 Å². The monoisotopic (exact) mass is 431 g/mol. The van der Waals surface area contributed by atoms with E-state index in [1.165, 1.54) is 6.20 Å². The third-order valence-electron chi connectivity index (χ3n) is 5.21. The second kappa shape index (κ2) is 6.82. The molecule has 0 aliphatic carbocycles. The molecular formula is C22H14ClN5O3. The molecule has 0 saturated heterocycles. The zero-order chi connectivity index (χ0) is 20.9. The first-order valence-corrected chi connectivity index (χ1v) is 9.93. The number of hydrogen-bond acceptors (Lipinski definition) is 6. The molecule has 31 heavy (non-hydrogen) atoms. The normalized spacial score (nSPS) is 12.7. The summed E-state index contributed by atoms with van der Waals surface area (Å²) in [6, 6.07) is 14.8. The highest BCUT2D eigenvalue weighted by molar-refractivity contribution is 6.33. The number of rotatable bonds is 3. The van der Waals surface area contributed by atoms with E-state index in [2.05, 4.69) is 15.1 Å². The third kappa shape index (κ3) is 2.91. The zero-order valence-corrected chi connectivity index (χ0v) is 16.8. The Morgan fingerprint density at radius 2 is 1.94 bits per heavy atom. The third-order valence-corrected chi connectivity index (χ3v) is 5.54. The number of fused-ring (bicyclic) bond motifs is 4. The van der Waals surface area contributed by atoms with Crippen molar-refractivity contribution in [1.29, 1.82) is 0 Å². The zero-order valence-electron chi connectivity index (χ0n) is 16.0. The Morgan fingerprint density at radius 3 is 2.84 bits per heavy atom. The maximum atomic E-state index is 13.1. The Balaban J connectivity index is 1.44. The van der Waals surface area contributed by atoms with E-state index in [-0.39, 0.29) is 12.4 Å². The predicted molar refractivity (Wildman–Crippen MR) is 115 cm³/mol. The summed E-state index contributed by atoms with van der Waals surface area (Å²) in [6.45, 7) is 0.607. The molecule has 5 aromatic rings. The summed E-state index contributed by atoms with van der Waals surface area (Å²) in [5, 5.41) is 5.55. The molecule has 1 aliphatic heterocycles. The molecule has 0 spiro atoms. The Hall–Kier alpha value is -3.91. The number of halogens is 1. The molecule has 0 unspecified atom stereocenters. The van der Waals surface area contributed by atoms with E-state index in [0.717, 1.165) is 5.56 Å². The van der Waals surface area contributed by atoms with Crippen molar-refractivity contribution in [2.45, 2.75) is 6.54 Å². The number of nitrogens with zero attached hydrogens (tertiary/aromatic N) is 5. The van der Waals surface area contributed by atoms with Gasteiger partial charge in [0.1, 0.15) is 0 Å². The Kier molecular flexibility index (Phi) is 3.94. The molecule has 4 heterocycles. The molecule has 0 bridgehead atoms. The first-order valence-electron chi connectivity index (χ1n) is 9.56. The van der Waals surface area contributed by atoms with Gasteiger partial charge < -0.3 is 14.0 Å². The molecule has 0 N–H and O–H groups in total. The largest absolute Gasteiger partial charge is 0.454 e. The van der Waals surface area contributed by atoms with Gasteiger partial charge in [-0.2, -0.15) is 9.50 Å². The lowest BCUT2D eigenvalue weighted by Gasteiger charge is -2.08. The summed E-state index contributed by atoms with van der Waals surface area (Å²) < 4.78 is 14.0. The molecule has 0 radical (unpaired) electrons. The lowest BCUT2D eigenvalue weighted by atomic mass is 10.2. The van der Waals surface area contributed by atoms with Gasteiger partial charge in [-0.3, -0.25) is 4.79 Å². The number of aromatic nitrogens is 5. The summed E-state index contributed by atoms with van der Waals surface area (Å²) in [7, 11) is 0. The number of pyridine rings is 1. The molecule has 0 fully saturated rings. The van der Waals surface area contributed by atoms with Crippen LogP contribution >= 0.6 is 11.6 Å². The standard InChI is InChI=1S/C22H14ClN5O3/c23-16-4-2-1-3-14(16)20-25-22-24-10-15-17(28(22)26-20)7-8-27(21(15)29)11-13-5-6-18-19(9-13)31-12-30-18/h1-10H,11-12H2. The minimum atomic E-state index is -0.167. The average molecular weight is 432 g/mol. The highest BCUT2D eigenvalue weighted by Crippen LogP contribution is 2.32. The first kappa shape index (κ1) is 17.9. The van der Waals surface area contributed by atoms with E-state index in [1.54, 1.807) is 21.3 Å². The summed E-state index contributed by atoms with van der Waals surface area (Å²) in [5.41, 5.74) is 2.10. The highest BCUT2D eigenvalue weighted by Gasteiger charge is 2.16. The molecule has 6 rings (SSSR count). The van der Waals surface area contributed by atoms with Gasteiger partial charge in [0.2, 0.25) is 6.79 Å². The summed E-state index contributed by atoms with van der Waals surface area (Å²) >= 11 is 6.28. The smallest absolute Gasteiger partial charge is 0.261 e. The van der Waals surface area contributed by atoms with Crippen LogP contribution in [0.15, 0.2) is 65.7 Å². The fourth-order valence-corrected chi connectivity index (χ4v) is 3.90. The first-order chi connectivity index (χ1) is 15.2. The Morgan fingerprint density at radius 1 is 1.06 bits per heavy atom. The van der Waals surface area contributed by atoms with Gasteiger partial charge in [-0.1, -0.05) is 29.8 Å². The maximum absolute atomic E-state index is 13.1. The molecule has 152 valence electrons. The van der Waals surface area contributed by atoms with Crippen LogP contribution < -0.4 is 15.0 Å². The molecule has 1 aliphatic rings. The Bertz CT molecular complexity index is 1540. The van der Waals surface area contributed by atoms with E-state index >= 15 is 0 Å². The summed E-state index contributed by atoms with van der Waals surface area (Å²) in [6.07, 6.45) is 3.28. The summed E-state index contributed by atoms with van der Waals surface area (Å²) in [4.78, 5) is 21.9. The van der Waals surface area contributed by atoms with Crippen molar-refractivity contribution in [3.05, 3.63) is 81.9 Å². The van der Waals surface area contributed by atoms with Crippen LogP contribution in [0.3, 0.4) is 0 Å². The lowest BCUT2D eigenvalue weighted by Crippen LogP contribution is -2.21. The van der Waals surface area contributed by atoms with Crippen molar-refractivity contribution in [2.24, 2.45) is 0 Å². The van der Waals surface area contributed by atoms with Crippen molar-refractivity contribution < 1.29 is 9.47 Å². The number of hydrogen-bond donors (Lipinski definition) is 0. The maximum Gasteiger partial charge on any atom is 0.261 e. The van der Waals surface area contributed by atoms with Gasteiger partial charge >= 0.3 is 0 Å². The van der Waals surface area contributed by atoms with Crippen LogP contribution in [0.1, 0.15) is 5.56 Å². The van der Waals surface area contributed by atoms with Crippen LogP contribution in [-0.2, 0) is 6.54 Å². The highest BCUT2D eigenvalue weighted by atomic mass is 35.5. The SMILES string of the molecule is O=c1c2cnc3nc(-c4ccccc4Cl)nn3c2ccn1Cc1ccc2c(c1)OCO2. The molecule has 8 nitrogen and oxygen atoms in total. The van der Waals surface area contributed by atoms with E-state index in [4.69, 9.17) is 21.1 Å². The van der Waals surface area contributed by atoms with E-state index < -0.39 is 0 Å². The van der Waals surface area contributed by atoms with Crippen LogP contribution in [-0.4, -0.2) is 30.9 Å². The molecule has 0 saturated carbocycles. The lowest BCUT2D eigenvalue weighted by molar-refractivity contribution is 0.174. The van der Waals surface area contributed by atoms with Crippen molar-refractivity contribution >= 4 is 28.3 Å². The van der Waals surface area contributed by atoms with Gasteiger partial charge in [0.05, 0.1) is 22.5 Å². The van der Waals surface area contributed by atoms with Crippen molar-refractivity contribution in [2.75, 3.05) is 6.79 Å². The Labute approximate surface area is 180 Å². The molecule has 9 heteroatoms. The molecular weight excluding hydrogens is 418 g/mol. The van der Waals surface area contributed by atoms with Crippen LogP contribution in [0.4, 0.5) is 0 Å². The minimum absolute atomic E-state index is 0.167. The van der Waals surface area contributed by atoms with Crippen LogP contribution in [0.5, 0.6) is 11.5 Å². The molecule has 0 atom stereocenters. The van der Waals surface area contributed by atoms with Gasteiger partial charge in [0, 0.05) is 18.0 Å². The van der Waals surface area contributed by atoms with Crippen molar-refractivity contribution in [1.82, 2.24) is 24.1 Å². The van der Waals surface area contributed by atoms with Crippen molar-refractivity contribution in [3.63, 3.8) is 0 Å². The second-order valence-electron chi connectivity index (χ2n) is 7.12. The van der Waals surface area contributed by atoms with Crippen LogP contribution in [0.25, 0.3) is 28.1 Å². The number of benzene rings is 2. The fraction of sp³-hybridized carbons (Fsp3) is 0.0909. The van der Waals surface area contributed by atoms with Gasteiger partial charge in [-0.15, -0.1) is 5.10 Å². The molecule has 2 aromatic carbocycles. The molecule has 0 amide bonds. The van der Waals surface area contributed by atoms with E-state index in [9.17, 15) is 4.79 Å². The average Bonchev–Trinajstić information content (AvgIpc) is 3.42. The summed E-state index contributed by atoms with van der Waals surface area (Å²) in [5.74, 6) is 2.25. The fourth-order valence-electron chi connectivity index (χ4n) is 3.68. The van der Waals surface area contributed by atoms with Gasteiger partial charge in [-0.05, 0) is 35.9 Å². The topological polar surface area (TPSA) is 83.5 Å². The van der Waals surface area contributed by atoms with Crippen LogP contribution in [0.2, 0.25) is 5.02 Å². The van der Waals surface area contributed by atoms with Gasteiger partial charge in [0.25, 0.3) is 11.3 Å². The second-order valence-corrected chi connectivity index (χ2v) is 7.53. The van der Waals surface area contributed by atoms with Gasteiger partial charge in [0.15, 0.2) is 17.3 Å². The number of ether oxygens (including phenoxy) is 2. The van der Waals surface area contributed by atoms with E-state index in [1.807, 2.05) is 42.5 Å². The van der Waals surface area contributed by atoms with Gasteiger partial charge in [-0.25, -0.2) is 4.98 Å².